The first-order valence-electron chi connectivity index (χ1n) is 9.59. The van der Waals surface area contributed by atoms with Gasteiger partial charge in [-0.3, -0.25) is 4.98 Å². The van der Waals surface area contributed by atoms with E-state index in [1.54, 1.807) is 12.3 Å². The van der Waals surface area contributed by atoms with E-state index < -0.39 is 0 Å². The predicted octanol–water partition coefficient (Wildman–Crippen LogP) is 7.86. The molecule has 0 atom stereocenters. The van der Waals surface area contributed by atoms with Crippen LogP contribution in [0.5, 0.6) is 11.5 Å². The second kappa shape index (κ2) is 9.57. The number of rotatable bonds is 1. The minimum atomic E-state index is -0.0705. The molecule has 0 radical (unpaired) electrons. The molecule has 0 spiro atoms. The largest absolute Gasteiger partial charge is 0.504 e. The number of aromatic hydroxyl groups is 2. The fourth-order valence-electron chi connectivity index (χ4n) is 3.16. The number of hydrogen-bond acceptors (Lipinski definition) is 5. The Balaban J connectivity index is 0.000000165. The normalized spacial score (nSPS) is 10.8. The minimum absolute atomic E-state index is 0.0187. The Kier molecular flexibility index (Phi) is 6.77. The van der Waals surface area contributed by atoms with E-state index in [0.717, 1.165) is 11.4 Å². The average molecular weight is 519 g/mol. The summed E-state index contributed by atoms with van der Waals surface area (Å²) in [4.78, 5) is 12.8. The van der Waals surface area contributed by atoms with E-state index in [0.29, 0.717) is 37.5 Å². The van der Waals surface area contributed by atoms with Gasteiger partial charge in [0.15, 0.2) is 11.5 Å². The smallest absolute Gasteiger partial charge is 0.160 e. The molecule has 166 valence electrons. The van der Waals surface area contributed by atoms with Crippen molar-refractivity contribution in [2.75, 3.05) is 0 Å². The van der Waals surface area contributed by atoms with E-state index in [-0.39, 0.29) is 21.5 Å². The monoisotopic (exact) mass is 517 g/mol. The lowest BCUT2D eigenvalue weighted by Crippen LogP contribution is -1.89. The second-order valence-electron chi connectivity index (χ2n) is 7.03. The van der Waals surface area contributed by atoms with Crippen LogP contribution in [0.25, 0.3) is 33.2 Å². The van der Waals surface area contributed by atoms with E-state index in [2.05, 4.69) is 15.0 Å². The van der Waals surface area contributed by atoms with Crippen molar-refractivity contribution < 1.29 is 10.2 Å². The Morgan fingerprint density at radius 2 is 1.21 bits per heavy atom. The number of halogens is 4. The minimum Gasteiger partial charge on any atom is -0.504 e. The molecule has 0 fully saturated rings. The predicted molar refractivity (Wildman–Crippen MR) is 135 cm³/mol. The van der Waals surface area contributed by atoms with Crippen LogP contribution in [0.1, 0.15) is 5.69 Å². The van der Waals surface area contributed by atoms with Crippen LogP contribution in [0.15, 0.2) is 60.8 Å². The number of aryl methyl sites for hydroxylation is 1. The van der Waals surface area contributed by atoms with Gasteiger partial charge in [-0.15, -0.1) is 0 Å². The summed E-state index contributed by atoms with van der Waals surface area (Å²) in [5.41, 5.74) is 3.01. The average Bonchev–Trinajstić information content (AvgIpc) is 2.82. The lowest BCUT2D eigenvalue weighted by Gasteiger charge is -2.07. The number of pyridine rings is 3. The first-order valence-corrected chi connectivity index (χ1v) is 11.1. The van der Waals surface area contributed by atoms with Gasteiger partial charge in [-0.25, -0.2) is 9.97 Å². The van der Waals surface area contributed by atoms with E-state index in [1.165, 1.54) is 12.1 Å². The van der Waals surface area contributed by atoms with Crippen LogP contribution in [-0.4, -0.2) is 25.2 Å². The van der Waals surface area contributed by atoms with Gasteiger partial charge in [-0.05, 0) is 55.5 Å². The van der Waals surface area contributed by atoms with Crippen LogP contribution in [0.3, 0.4) is 0 Å². The topological polar surface area (TPSA) is 79.1 Å². The zero-order valence-electron chi connectivity index (χ0n) is 17.0. The van der Waals surface area contributed by atoms with Gasteiger partial charge in [0, 0.05) is 22.7 Å². The maximum atomic E-state index is 9.98. The molecule has 0 aliphatic carbocycles. The van der Waals surface area contributed by atoms with Crippen LogP contribution in [0.2, 0.25) is 20.1 Å². The molecule has 0 saturated carbocycles. The highest BCUT2D eigenvalue weighted by atomic mass is 35.5. The summed E-state index contributed by atoms with van der Waals surface area (Å²) in [5, 5.41) is 22.4. The maximum absolute atomic E-state index is 9.98. The Morgan fingerprint density at radius 1 is 0.636 bits per heavy atom. The van der Waals surface area contributed by atoms with Gasteiger partial charge in [-0.2, -0.15) is 0 Å². The van der Waals surface area contributed by atoms with E-state index in [9.17, 15) is 10.2 Å². The number of hydrogen-bond donors (Lipinski definition) is 2. The Morgan fingerprint density at radius 3 is 1.79 bits per heavy atom. The third kappa shape index (κ3) is 4.77. The molecule has 0 aliphatic heterocycles. The van der Waals surface area contributed by atoms with Gasteiger partial charge in [0.1, 0.15) is 11.0 Å². The van der Waals surface area contributed by atoms with Gasteiger partial charge in [-0.1, -0.05) is 52.5 Å². The SMILES string of the molecule is Cc1ccc2c(Cl)cc(Cl)c(O)c2n1.Oc1c(Cl)cc(Cl)c2ccc(-c3ccccn3)nc12. The van der Waals surface area contributed by atoms with E-state index in [1.807, 2.05) is 43.3 Å². The molecule has 0 amide bonds. The number of phenolic OH excluding ortho intramolecular Hbond substituents is 2. The van der Waals surface area contributed by atoms with E-state index in [4.69, 9.17) is 46.4 Å². The number of nitrogens with zero attached hydrogens (tertiary/aromatic N) is 3. The molecule has 3 heterocycles. The van der Waals surface area contributed by atoms with Crippen molar-refractivity contribution >= 4 is 68.2 Å². The third-order valence-electron chi connectivity index (χ3n) is 4.78. The molecular formula is C24H15Cl4N3O2. The van der Waals surface area contributed by atoms with Gasteiger partial charge < -0.3 is 10.2 Å². The molecule has 0 bridgehead atoms. The van der Waals surface area contributed by atoms with Crippen LogP contribution in [0, 0.1) is 6.92 Å². The summed E-state index contributed by atoms with van der Waals surface area (Å²) in [6.45, 7) is 1.84. The van der Waals surface area contributed by atoms with Crippen LogP contribution in [0.4, 0.5) is 0 Å². The molecule has 9 heteroatoms. The highest BCUT2D eigenvalue weighted by Crippen LogP contribution is 2.37. The van der Waals surface area contributed by atoms with E-state index >= 15 is 0 Å². The van der Waals surface area contributed by atoms with Gasteiger partial charge in [0.05, 0.1) is 31.5 Å². The van der Waals surface area contributed by atoms with Gasteiger partial charge >= 0.3 is 0 Å². The molecule has 0 unspecified atom stereocenters. The van der Waals surface area contributed by atoms with Crippen molar-refractivity contribution in [3.8, 4) is 22.9 Å². The number of aromatic nitrogens is 3. The van der Waals surface area contributed by atoms with Crippen LogP contribution < -0.4 is 0 Å². The highest BCUT2D eigenvalue weighted by Gasteiger charge is 2.12. The first kappa shape index (κ1) is 23.3. The van der Waals surface area contributed by atoms with Gasteiger partial charge in [0.2, 0.25) is 0 Å². The molecule has 2 aromatic carbocycles. The lowest BCUT2D eigenvalue weighted by molar-refractivity contribution is 0.480. The van der Waals surface area contributed by atoms with Crippen molar-refractivity contribution in [1.82, 2.24) is 15.0 Å². The lowest BCUT2D eigenvalue weighted by atomic mass is 10.1. The number of phenols is 2. The summed E-state index contributed by atoms with van der Waals surface area (Å²) in [6, 6.07) is 15.8. The molecular weight excluding hydrogens is 504 g/mol. The number of fused-ring (bicyclic) bond motifs is 2. The Hall–Kier alpha value is -2.83. The zero-order valence-corrected chi connectivity index (χ0v) is 20.0. The summed E-state index contributed by atoms with van der Waals surface area (Å²) in [5.74, 6) is -0.0892. The molecule has 5 aromatic rings. The Labute approximate surface area is 209 Å². The fourth-order valence-corrected chi connectivity index (χ4v) is 4.19. The number of benzene rings is 2. The standard InChI is InChI=1S/C14H8Cl2N2O.C10H7Cl2NO/c15-9-7-10(16)14(19)13-8(9)4-5-12(18-13)11-3-1-2-6-17-11;1-5-2-3-6-7(11)4-8(12)10(14)9(6)13-5/h1-7,19H;2-4,14H,1H3. The molecule has 0 saturated heterocycles. The molecule has 5 nitrogen and oxygen atoms in total. The molecule has 5 rings (SSSR count). The van der Waals surface area contributed by atoms with Crippen molar-refractivity contribution in [1.29, 1.82) is 0 Å². The van der Waals surface area contributed by atoms with Crippen molar-refractivity contribution in [2.24, 2.45) is 0 Å². The third-order valence-corrected chi connectivity index (χ3v) is 5.98. The molecule has 3 aromatic heterocycles. The van der Waals surface area contributed by atoms with Crippen molar-refractivity contribution in [2.45, 2.75) is 6.92 Å². The van der Waals surface area contributed by atoms with Crippen LogP contribution in [-0.2, 0) is 0 Å². The fraction of sp³-hybridized carbons (Fsp3) is 0.0417. The molecule has 0 aliphatic rings. The highest BCUT2D eigenvalue weighted by molar-refractivity contribution is 6.40. The quantitative estimate of drug-likeness (QED) is 0.236. The molecule has 33 heavy (non-hydrogen) atoms. The summed E-state index contributed by atoms with van der Waals surface area (Å²) < 4.78 is 0. The van der Waals surface area contributed by atoms with Crippen LogP contribution >= 0.6 is 46.4 Å². The summed E-state index contributed by atoms with van der Waals surface area (Å²) >= 11 is 23.7. The van der Waals surface area contributed by atoms with Crippen molar-refractivity contribution in [3.63, 3.8) is 0 Å². The second-order valence-corrected chi connectivity index (χ2v) is 8.66. The van der Waals surface area contributed by atoms with Crippen molar-refractivity contribution in [3.05, 3.63) is 86.6 Å². The van der Waals surface area contributed by atoms with Gasteiger partial charge in [0.25, 0.3) is 0 Å². The summed E-state index contributed by atoms with van der Waals surface area (Å²) in [7, 11) is 0. The Bertz CT molecular complexity index is 1490. The first-order chi connectivity index (χ1) is 15.8. The molecule has 2 N–H and O–H groups in total. The zero-order chi connectivity index (χ0) is 23.7. The maximum Gasteiger partial charge on any atom is 0.160 e. The summed E-state index contributed by atoms with van der Waals surface area (Å²) in [6.07, 6.45) is 1.69.